The van der Waals surface area contributed by atoms with Gasteiger partial charge in [0, 0.05) is 11.2 Å². The minimum atomic E-state index is -0.388. The van der Waals surface area contributed by atoms with Gasteiger partial charge in [-0.3, -0.25) is 14.2 Å². The molecule has 0 aliphatic rings. The molecule has 0 bridgehead atoms. The van der Waals surface area contributed by atoms with E-state index in [-0.39, 0.29) is 18.0 Å². The van der Waals surface area contributed by atoms with Crippen molar-refractivity contribution in [2.75, 3.05) is 11.1 Å². The number of benzene rings is 1. The van der Waals surface area contributed by atoms with Gasteiger partial charge in [0.25, 0.3) is 5.56 Å². The van der Waals surface area contributed by atoms with Crippen LogP contribution in [0.15, 0.2) is 40.0 Å². The van der Waals surface area contributed by atoms with Gasteiger partial charge in [0.05, 0.1) is 17.7 Å². The molecular weight excluding hydrogens is 348 g/mol. The summed E-state index contributed by atoms with van der Waals surface area (Å²) in [6.07, 6.45) is 2.66. The normalized spacial score (nSPS) is 10.3. The molecule has 2 rings (SSSR count). The number of nitrogens with one attached hydrogen (secondary N) is 1. The third kappa shape index (κ3) is 3.37. The number of hydrogen-bond acceptors (Lipinski definition) is 4. The quantitative estimate of drug-likeness (QED) is 0.821. The van der Waals surface area contributed by atoms with Gasteiger partial charge in [-0.05, 0) is 34.1 Å². The molecule has 2 aromatic rings. The summed E-state index contributed by atoms with van der Waals surface area (Å²) in [6, 6.07) is 4.74. The van der Waals surface area contributed by atoms with Crippen molar-refractivity contribution in [3.8, 4) is 0 Å². The molecule has 0 saturated heterocycles. The molecule has 1 aromatic heterocycles. The van der Waals surface area contributed by atoms with Gasteiger partial charge in [0.1, 0.15) is 11.0 Å². The van der Waals surface area contributed by atoms with Crippen LogP contribution < -0.4 is 16.6 Å². The molecule has 8 heteroatoms. The molecule has 0 radical (unpaired) electrons. The zero-order valence-corrected chi connectivity index (χ0v) is 12.5. The van der Waals surface area contributed by atoms with Crippen molar-refractivity contribution in [2.24, 2.45) is 0 Å². The van der Waals surface area contributed by atoms with Crippen molar-refractivity contribution in [3.63, 3.8) is 0 Å². The van der Waals surface area contributed by atoms with Crippen LogP contribution in [-0.2, 0) is 11.3 Å². The van der Waals surface area contributed by atoms with Crippen LogP contribution in [0.4, 0.5) is 11.4 Å². The first-order valence-electron chi connectivity index (χ1n) is 5.52. The molecule has 104 valence electrons. The van der Waals surface area contributed by atoms with E-state index in [4.69, 9.17) is 17.3 Å². The lowest BCUT2D eigenvalue weighted by molar-refractivity contribution is -0.116. The van der Waals surface area contributed by atoms with Gasteiger partial charge in [0.2, 0.25) is 5.91 Å². The molecule has 0 unspecified atom stereocenters. The van der Waals surface area contributed by atoms with Crippen LogP contribution in [-0.4, -0.2) is 15.5 Å². The maximum absolute atomic E-state index is 11.9. The summed E-state index contributed by atoms with van der Waals surface area (Å²) in [4.78, 5) is 27.4. The van der Waals surface area contributed by atoms with E-state index in [1.807, 2.05) is 0 Å². The highest BCUT2D eigenvalue weighted by atomic mass is 79.9. The predicted octanol–water partition coefficient (Wildman–Crippen LogP) is 1.88. The molecule has 0 saturated carbocycles. The second-order valence-corrected chi connectivity index (χ2v) is 5.25. The van der Waals surface area contributed by atoms with E-state index >= 15 is 0 Å². The zero-order valence-electron chi connectivity index (χ0n) is 10.1. The summed E-state index contributed by atoms with van der Waals surface area (Å²) in [6.45, 7) is -0.159. The summed E-state index contributed by atoms with van der Waals surface area (Å²) >= 11 is 8.83. The monoisotopic (exact) mass is 356 g/mol. The Morgan fingerprint density at radius 3 is 2.95 bits per heavy atom. The molecule has 0 aliphatic heterocycles. The first-order chi connectivity index (χ1) is 9.47. The molecule has 1 aromatic carbocycles. The number of aromatic nitrogens is 2. The fourth-order valence-corrected chi connectivity index (χ4v) is 2.06. The Hall–Kier alpha value is -1.86. The Labute approximate surface area is 127 Å². The van der Waals surface area contributed by atoms with E-state index in [0.29, 0.717) is 20.9 Å². The minimum Gasteiger partial charge on any atom is -0.397 e. The number of nitrogen functional groups attached to an aromatic ring is 1. The van der Waals surface area contributed by atoms with E-state index in [2.05, 4.69) is 26.2 Å². The molecule has 6 nitrogen and oxygen atoms in total. The molecule has 1 heterocycles. The van der Waals surface area contributed by atoms with Gasteiger partial charge in [-0.25, -0.2) is 4.98 Å². The van der Waals surface area contributed by atoms with Crippen molar-refractivity contribution in [2.45, 2.75) is 6.54 Å². The first-order valence-corrected chi connectivity index (χ1v) is 6.69. The number of nitrogens with zero attached hydrogens (tertiary/aromatic N) is 2. The van der Waals surface area contributed by atoms with E-state index in [1.54, 1.807) is 12.1 Å². The maximum Gasteiger partial charge on any atom is 0.268 e. The number of halogens is 2. The van der Waals surface area contributed by atoms with Gasteiger partial charge in [0.15, 0.2) is 0 Å². The van der Waals surface area contributed by atoms with Gasteiger partial charge in [-0.2, -0.15) is 0 Å². The number of carbonyl (C=O) groups is 1. The van der Waals surface area contributed by atoms with Crippen molar-refractivity contribution in [1.82, 2.24) is 9.55 Å². The van der Waals surface area contributed by atoms with Gasteiger partial charge in [-0.1, -0.05) is 11.6 Å². The fourth-order valence-electron chi connectivity index (χ4n) is 1.53. The average Bonchev–Trinajstić information content (AvgIpc) is 2.38. The van der Waals surface area contributed by atoms with E-state index in [0.717, 1.165) is 0 Å². The number of nitrogens with two attached hydrogens (primary N) is 1. The smallest absolute Gasteiger partial charge is 0.268 e. The fraction of sp³-hybridized carbons (Fsp3) is 0.0833. The lowest BCUT2D eigenvalue weighted by Crippen LogP contribution is -2.28. The molecule has 0 aliphatic carbocycles. The van der Waals surface area contributed by atoms with E-state index in [1.165, 1.54) is 23.2 Å². The predicted molar refractivity (Wildman–Crippen MR) is 80.7 cm³/mol. The van der Waals surface area contributed by atoms with E-state index < -0.39 is 0 Å². The second kappa shape index (κ2) is 6.06. The van der Waals surface area contributed by atoms with Crippen molar-refractivity contribution >= 4 is 44.8 Å². The SMILES string of the molecule is Nc1cc(Cl)ccc1NC(=O)Cn1cncc(Br)c1=O. The summed E-state index contributed by atoms with van der Waals surface area (Å²) < 4.78 is 1.48. The van der Waals surface area contributed by atoms with Crippen LogP contribution in [0.2, 0.25) is 5.02 Å². The highest BCUT2D eigenvalue weighted by molar-refractivity contribution is 9.10. The number of hydrogen-bond donors (Lipinski definition) is 2. The van der Waals surface area contributed by atoms with Crippen LogP contribution in [0.1, 0.15) is 0 Å². The van der Waals surface area contributed by atoms with E-state index in [9.17, 15) is 9.59 Å². The summed E-state index contributed by atoms with van der Waals surface area (Å²) in [5.41, 5.74) is 6.19. The number of carbonyl (C=O) groups excluding carboxylic acids is 1. The largest absolute Gasteiger partial charge is 0.397 e. The second-order valence-electron chi connectivity index (χ2n) is 3.95. The molecule has 20 heavy (non-hydrogen) atoms. The van der Waals surface area contributed by atoms with Crippen LogP contribution in [0, 0.1) is 0 Å². The lowest BCUT2D eigenvalue weighted by Gasteiger charge is -2.09. The van der Waals surface area contributed by atoms with Gasteiger partial charge >= 0.3 is 0 Å². The van der Waals surface area contributed by atoms with Crippen LogP contribution in [0.3, 0.4) is 0 Å². The van der Waals surface area contributed by atoms with Crippen molar-refractivity contribution in [3.05, 3.63) is 50.6 Å². The van der Waals surface area contributed by atoms with Gasteiger partial charge in [-0.15, -0.1) is 0 Å². The summed E-state index contributed by atoms with van der Waals surface area (Å²) in [7, 11) is 0. The molecule has 0 spiro atoms. The zero-order chi connectivity index (χ0) is 14.7. The number of amides is 1. The maximum atomic E-state index is 11.9. The first kappa shape index (κ1) is 14.5. The Morgan fingerprint density at radius 2 is 2.25 bits per heavy atom. The summed E-state index contributed by atoms with van der Waals surface area (Å²) in [5, 5.41) is 3.09. The highest BCUT2D eigenvalue weighted by Gasteiger charge is 2.09. The average molecular weight is 358 g/mol. The van der Waals surface area contributed by atoms with Gasteiger partial charge < -0.3 is 11.1 Å². The van der Waals surface area contributed by atoms with Crippen LogP contribution in [0.5, 0.6) is 0 Å². The van der Waals surface area contributed by atoms with Crippen molar-refractivity contribution < 1.29 is 4.79 Å². The Morgan fingerprint density at radius 1 is 1.50 bits per heavy atom. The molecular formula is C12H10BrClN4O2. The Kier molecular flexibility index (Phi) is 4.41. The topological polar surface area (TPSA) is 90.0 Å². The van der Waals surface area contributed by atoms with Crippen LogP contribution in [0.25, 0.3) is 0 Å². The lowest BCUT2D eigenvalue weighted by atomic mass is 10.2. The third-order valence-electron chi connectivity index (χ3n) is 2.46. The highest BCUT2D eigenvalue weighted by Crippen LogP contribution is 2.22. The standard InChI is InChI=1S/C12H10BrClN4O2/c13-8-4-16-6-18(12(8)20)5-11(19)17-10-2-1-7(14)3-9(10)15/h1-4,6H,5,15H2,(H,17,19). The molecule has 0 atom stereocenters. The van der Waals surface area contributed by atoms with Crippen LogP contribution >= 0.6 is 27.5 Å². The molecule has 0 fully saturated rings. The molecule has 3 N–H and O–H groups in total. The minimum absolute atomic E-state index is 0.159. The number of rotatable bonds is 3. The summed E-state index contributed by atoms with van der Waals surface area (Å²) in [5.74, 6) is -0.388. The Balaban J connectivity index is 2.13. The number of anilines is 2. The molecule has 1 amide bonds. The third-order valence-corrected chi connectivity index (χ3v) is 3.24. The van der Waals surface area contributed by atoms with Crippen molar-refractivity contribution in [1.29, 1.82) is 0 Å². The Bertz CT molecular complexity index is 717.